The third kappa shape index (κ3) is 2.98. The van der Waals surface area contributed by atoms with Gasteiger partial charge in [0, 0.05) is 26.2 Å². The SMILES string of the molecule is COc1ccc(CN2Cc3c(ccc(OC)c3N(C)C)-n3cc(O)nc32)cc1. The van der Waals surface area contributed by atoms with Gasteiger partial charge in [0.05, 0.1) is 38.3 Å². The zero-order chi connectivity index (χ0) is 19.8. The summed E-state index contributed by atoms with van der Waals surface area (Å²) in [6, 6.07) is 11.9. The van der Waals surface area contributed by atoms with Crippen molar-refractivity contribution < 1.29 is 14.6 Å². The molecular formula is C21H24N4O3. The van der Waals surface area contributed by atoms with Gasteiger partial charge in [0.25, 0.3) is 0 Å². The van der Waals surface area contributed by atoms with Crippen LogP contribution in [0.1, 0.15) is 11.1 Å². The molecule has 4 rings (SSSR count). The molecule has 0 fully saturated rings. The van der Waals surface area contributed by atoms with Crippen molar-refractivity contribution in [3.63, 3.8) is 0 Å². The Labute approximate surface area is 164 Å². The maximum atomic E-state index is 10.1. The van der Waals surface area contributed by atoms with Gasteiger partial charge in [0.15, 0.2) is 0 Å². The van der Waals surface area contributed by atoms with E-state index in [0.29, 0.717) is 13.1 Å². The molecule has 0 radical (unpaired) electrons. The van der Waals surface area contributed by atoms with Crippen LogP contribution in [0.25, 0.3) is 5.69 Å². The van der Waals surface area contributed by atoms with Crippen molar-refractivity contribution >= 4 is 11.6 Å². The van der Waals surface area contributed by atoms with Crippen LogP contribution >= 0.6 is 0 Å². The van der Waals surface area contributed by atoms with Crippen LogP contribution < -0.4 is 19.3 Å². The van der Waals surface area contributed by atoms with E-state index in [1.54, 1.807) is 20.4 Å². The molecule has 0 spiro atoms. The smallest absolute Gasteiger partial charge is 0.231 e. The summed E-state index contributed by atoms with van der Waals surface area (Å²) in [5, 5.41) is 10.1. The highest BCUT2D eigenvalue weighted by atomic mass is 16.5. The van der Waals surface area contributed by atoms with E-state index in [-0.39, 0.29) is 5.88 Å². The van der Waals surface area contributed by atoms with Crippen molar-refractivity contribution in [3.8, 4) is 23.1 Å². The van der Waals surface area contributed by atoms with Gasteiger partial charge < -0.3 is 24.4 Å². The lowest BCUT2D eigenvalue weighted by molar-refractivity contribution is 0.414. The van der Waals surface area contributed by atoms with Crippen molar-refractivity contribution in [2.24, 2.45) is 0 Å². The minimum absolute atomic E-state index is 0.00445. The molecule has 1 aliphatic heterocycles. The quantitative estimate of drug-likeness (QED) is 0.734. The highest BCUT2D eigenvalue weighted by molar-refractivity contribution is 5.73. The van der Waals surface area contributed by atoms with Crippen molar-refractivity contribution in [1.29, 1.82) is 0 Å². The molecule has 0 amide bonds. The molecule has 2 heterocycles. The number of benzene rings is 2. The van der Waals surface area contributed by atoms with Gasteiger partial charge in [-0.25, -0.2) is 0 Å². The van der Waals surface area contributed by atoms with Crippen molar-refractivity contribution in [1.82, 2.24) is 9.55 Å². The predicted molar refractivity (Wildman–Crippen MR) is 109 cm³/mol. The molecule has 0 saturated heterocycles. The second kappa shape index (κ2) is 6.99. The Morgan fingerprint density at radius 2 is 1.82 bits per heavy atom. The van der Waals surface area contributed by atoms with Gasteiger partial charge in [-0.15, -0.1) is 0 Å². The van der Waals surface area contributed by atoms with Crippen LogP contribution in [0.2, 0.25) is 0 Å². The lowest BCUT2D eigenvalue weighted by Crippen LogP contribution is -2.31. The number of aromatic hydroxyl groups is 1. The van der Waals surface area contributed by atoms with Crippen LogP contribution in [0.5, 0.6) is 17.4 Å². The first-order chi connectivity index (χ1) is 13.5. The third-order valence-electron chi connectivity index (χ3n) is 4.99. The lowest BCUT2D eigenvalue weighted by atomic mass is 10.1. The summed E-state index contributed by atoms with van der Waals surface area (Å²) < 4.78 is 12.8. The van der Waals surface area contributed by atoms with E-state index in [1.165, 1.54) is 0 Å². The molecule has 1 N–H and O–H groups in total. The Morgan fingerprint density at radius 3 is 2.46 bits per heavy atom. The third-order valence-corrected chi connectivity index (χ3v) is 4.99. The van der Waals surface area contributed by atoms with Crippen LogP contribution in [-0.4, -0.2) is 43.0 Å². The molecule has 0 bridgehead atoms. The highest BCUT2D eigenvalue weighted by Gasteiger charge is 2.28. The number of imidazole rings is 1. The number of fused-ring (bicyclic) bond motifs is 3. The van der Waals surface area contributed by atoms with Crippen LogP contribution in [-0.2, 0) is 13.1 Å². The Morgan fingerprint density at radius 1 is 1.07 bits per heavy atom. The number of rotatable bonds is 5. The Balaban J connectivity index is 1.79. The van der Waals surface area contributed by atoms with E-state index < -0.39 is 0 Å². The van der Waals surface area contributed by atoms with Gasteiger partial charge in [-0.05, 0) is 29.8 Å². The molecule has 28 heavy (non-hydrogen) atoms. The minimum Gasteiger partial charge on any atom is -0.497 e. The fourth-order valence-electron chi connectivity index (χ4n) is 3.74. The molecule has 0 atom stereocenters. The standard InChI is InChI=1S/C21H24N4O3/c1-23(2)20-16-12-24(11-14-5-7-15(27-3)8-6-14)21-22-19(26)13-25(21)17(16)9-10-18(20)28-4/h5-10,13,26H,11-12H2,1-4H3. The molecule has 2 aromatic carbocycles. The average molecular weight is 380 g/mol. The van der Waals surface area contributed by atoms with Gasteiger partial charge in [-0.2, -0.15) is 4.98 Å². The second-order valence-electron chi connectivity index (χ2n) is 6.98. The fraction of sp³-hybridized carbons (Fsp3) is 0.286. The zero-order valence-electron chi connectivity index (χ0n) is 16.5. The van der Waals surface area contributed by atoms with Crippen LogP contribution in [0, 0.1) is 0 Å². The molecule has 1 aromatic heterocycles. The van der Waals surface area contributed by atoms with E-state index >= 15 is 0 Å². The summed E-state index contributed by atoms with van der Waals surface area (Å²) in [6.07, 6.45) is 1.65. The van der Waals surface area contributed by atoms with Gasteiger partial charge >= 0.3 is 0 Å². The van der Waals surface area contributed by atoms with Gasteiger partial charge in [-0.3, -0.25) is 4.57 Å². The summed E-state index contributed by atoms with van der Waals surface area (Å²) >= 11 is 0. The Bertz CT molecular complexity index is 996. The maximum absolute atomic E-state index is 10.1. The van der Waals surface area contributed by atoms with E-state index in [9.17, 15) is 5.11 Å². The number of hydrogen-bond donors (Lipinski definition) is 1. The summed E-state index contributed by atoms with van der Waals surface area (Å²) in [5.41, 5.74) is 4.28. The van der Waals surface area contributed by atoms with Gasteiger partial charge in [0.2, 0.25) is 11.8 Å². The Kier molecular flexibility index (Phi) is 4.50. The molecule has 7 heteroatoms. The molecule has 0 saturated carbocycles. The topological polar surface area (TPSA) is 63.0 Å². The van der Waals surface area contributed by atoms with E-state index in [4.69, 9.17) is 9.47 Å². The summed E-state index contributed by atoms with van der Waals surface area (Å²) in [6.45, 7) is 1.31. The van der Waals surface area contributed by atoms with E-state index in [0.717, 1.165) is 39.9 Å². The molecule has 0 unspecified atom stereocenters. The highest BCUT2D eigenvalue weighted by Crippen LogP contribution is 2.41. The molecule has 146 valence electrons. The summed E-state index contributed by atoms with van der Waals surface area (Å²) in [7, 11) is 7.35. The normalized spacial score (nSPS) is 12.4. The lowest BCUT2D eigenvalue weighted by Gasteiger charge is -2.33. The number of anilines is 2. The largest absolute Gasteiger partial charge is 0.497 e. The number of methoxy groups -OCH3 is 2. The first kappa shape index (κ1) is 18.0. The summed E-state index contributed by atoms with van der Waals surface area (Å²) in [5.74, 6) is 2.37. The number of ether oxygens (including phenoxy) is 2. The maximum Gasteiger partial charge on any atom is 0.231 e. The monoisotopic (exact) mass is 380 g/mol. The van der Waals surface area contributed by atoms with Crippen molar-refractivity contribution in [2.45, 2.75) is 13.1 Å². The van der Waals surface area contributed by atoms with Crippen molar-refractivity contribution in [2.75, 3.05) is 38.1 Å². The minimum atomic E-state index is 0.00445. The number of nitrogens with zero attached hydrogens (tertiary/aromatic N) is 4. The molecule has 0 aliphatic carbocycles. The molecular weight excluding hydrogens is 356 g/mol. The fourth-order valence-corrected chi connectivity index (χ4v) is 3.74. The first-order valence-corrected chi connectivity index (χ1v) is 9.05. The first-order valence-electron chi connectivity index (χ1n) is 9.05. The Hall–Kier alpha value is -3.35. The second-order valence-corrected chi connectivity index (χ2v) is 6.98. The summed E-state index contributed by atoms with van der Waals surface area (Å²) in [4.78, 5) is 8.56. The van der Waals surface area contributed by atoms with Crippen molar-refractivity contribution in [3.05, 3.63) is 53.7 Å². The van der Waals surface area contributed by atoms with E-state index in [1.807, 2.05) is 55.1 Å². The zero-order valence-corrected chi connectivity index (χ0v) is 16.5. The predicted octanol–water partition coefficient (Wildman–Crippen LogP) is 3.18. The average Bonchev–Trinajstić information content (AvgIpc) is 3.09. The van der Waals surface area contributed by atoms with E-state index in [2.05, 4.69) is 14.8 Å². The van der Waals surface area contributed by atoms with Gasteiger partial charge in [-0.1, -0.05) is 12.1 Å². The van der Waals surface area contributed by atoms with Crippen LogP contribution in [0.15, 0.2) is 42.6 Å². The number of hydrogen-bond acceptors (Lipinski definition) is 6. The van der Waals surface area contributed by atoms with Crippen LogP contribution in [0.3, 0.4) is 0 Å². The number of aromatic nitrogens is 2. The molecule has 1 aliphatic rings. The molecule has 7 nitrogen and oxygen atoms in total. The molecule has 3 aromatic rings. The van der Waals surface area contributed by atoms with Gasteiger partial charge in [0.1, 0.15) is 11.5 Å². The van der Waals surface area contributed by atoms with Crippen LogP contribution in [0.4, 0.5) is 11.6 Å².